The molecule has 1 aliphatic carbocycles. The number of likely N-dealkylation sites (tertiary alicyclic amines) is 1. The van der Waals surface area contributed by atoms with Crippen LogP contribution in [0.3, 0.4) is 0 Å². The van der Waals surface area contributed by atoms with Gasteiger partial charge in [-0.1, -0.05) is 30.3 Å². The van der Waals surface area contributed by atoms with Crippen LogP contribution in [0.2, 0.25) is 0 Å². The van der Waals surface area contributed by atoms with Crippen LogP contribution in [0, 0.1) is 5.92 Å². The summed E-state index contributed by atoms with van der Waals surface area (Å²) in [6.45, 7) is 2.73. The van der Waals surface area contributed by atoms with Gasteiger partial charge < -0.3 is 19.4 Å². The van der Waals surface area contributed by atoms with Crippen LogP contribution in [-0.4, -0.2) is 67.3 Å². The highest BCUT2D eigenvalue weighted by atomic mass is 32.2. The lowest BCUT2D eigenvalue weighted by molar-refractivity contribution is -0.283. The molecule has 6 rings (SSSR count). The zero-order valence-corrected chi connectivity index (χ0v) is 22.2. The van der Waals surface area contributed by atoms with Crippen molar-refractivity contribution in [3.63, 3.8) is 0 Å². The summed E-state index contributed by atoms with van der Waals surface area (Å²) in [4.78, 5) is 23.2. The lowest BCUT2D eigenvalue weighted by atomic mass is 9.85. The first-order chi connectivity index (χ1) is 18.4. The van der Waals surface area contributed by atoms with Crippen LogP contribution in [0.1, 0.15) is 44.9 Å². The Morgan fingerprint density at radius 2 is 1.71 bits per heavy atom. The van der Waals surface area contributed by atoms with E-state index in [1.807, 2.05) is 35.2 Å². The number of hydrogen-bond acceptors (Lipinski definition) is 6. The average molecular weight is 539 g/mol. The van der Waals surface area contributed by atoms with Gasteiger partial charge in [0.25, 0.3) is 0 Å². The third-order valence-corrected chi connectivity index (χ3v) is 9.58. The molecule has 3 heterocycles. The molecule has 10 heteroatoms. The number of nitrogens with zero attached hydrogens (tertiary/aromatic N) is 2. The molecular weight excluding hydrogens is 504 g/mol. The highest BCUT2D eigenvalue weighted by molar-refractivity contribution is 7.89. The molecule has 38 heavy (non-hydrogen) atoms. The fourth-order valence-corrected chi connectivity index (χ4v) is 7.19. The Morgan fingerprint density at radius 1 is 1.00 bits per heavy atom. The molecule has 0 atom stereocenters. The van der Waals surface area contributed by atoms with E-state index in [-0.39, 0.29) is 22.8 Å². The zero-order valence-electron chi connectivity index (χ0n) is 21.4. The van der Waals surface area contributed by atoms with Gasteiger partial charge in [-0.25, -0.2) is 18.1 Å². The van der Waals surface area contributed by atoms with Gasteiger partial charge in [-0.2, -0.15) is 0 Å². The van der Waals surface area contributed by atoms with Crippen molar-refractivity contribution in [2.24, 2.45) is 5.92 Å². The molecule has 0 radical (unpaired) electrons. The topological polar surface area (TPSA) is 114 Å². The summed E-state index contributed by atoms with van der Waals surface area (Å²) in [6, 6.07) is 14.5. The minimum Gasteiger partial charge on any atom is -0.350 e. The first-order valence-corrected chi connectivity index (χ1v) is 15.0. The summed E-state index contributed by atoms with van der Waals surface area (Å²) >= 11 is 0. The summed E-state index contributed by atoms with van der Waals surface area (Å²) in [6.07, 6.45) is 4.98. The van der Waals surface area contributed by atoms with Crippen LogP contribution >= 0.6 is 0 Å². The molecule has 2 N–H and O–H groups in total. The van der Waals surface area contributed by atoms with Gasteiger partial charge in [-0.05, 0) is 50.3 Å². The van der Waals surface area contributed by atoms with Crippen molar-refractivity contribution in [2.45, 2.75) is 61.7 Å². The lowest BCUT2D eigenvalue weighted by Crippen LogP contribution is -2.52. The Bertz CT molecular complexity index is 1380. The van der Waals surface area contributed by atoms with Gasteiger partial charge >= 0.3 is 0 Å². The van der Waals surface area contributed by atoms with Crippen molar-refractivity contribution in [1.29, 1.82) is 0 Å². The van der Waals surface area contributed by atoms with Crippen LogP contribution in [0.25, 0.3) is 22.4 Å². The first kappa shape index (κ1) is 25.5. The molecular formula is C28H34N4O5S. The van der Waals surface area contributed by atoms with Crippen molar-refractivity contribution in [2.75, 3.05) is 26.3 Å². The summed E-state index contributed by atoms with van der Waals surface area (Å²) in [5.41, 5.74) is 2.33. The number of amides is 1. The second-order valence-electron chi connectivity index (χ2n) is 10.6. The molecule has 9 nitrogen and oxygen atoms in total. The number of sulfonamides is 1. The second kappa shape index (κ2) is 10.4. The number of benzene rings is 2. The van der Waals surface area contributed by atoms with Crippen molar-refractivity contribution in [3.8, 4) is 11.4 Å². The fourth-order valence-electron chi connectivity index (χ4n) is 5.86. The van der Waals surface area contributed by atoms with E-state index in [1.165, 1.54) is 0 Å². The Hall–Kier alpha value is -2.79. The van der Waals surface area contributed by atoms with Gasteiger partial charge in [0, 0.05) is 43.5 Å². The minimum absolute atomic E-state index is 0.0604. The maximum atomic E-state index is 13.2. The number of ether oxygens (including phenoxy) is 2. The number of carbonyl (C=O) groups excluding carboxylic acids is 1. The number of aromatic nitrogens is 2. The summed E-state index contributed by atoms with van der Waals surface area (Å²) in [5, 5.41) is 0. The predicted octanol–water partition coefficient (Wildman–Crippen LogP) is 3.82. The molecule has 2 aromatic carbocycles. The van der Waals surface area contributed by atoms with Gasteiger partial charge in [0.15, 0.2) is 5.79 Å². The number of aromatic amines is 1. The van der Waals surface area contributed by atoms with Crippen LogP contribution < -0.4 is 4.72 Å². The number of nitrogens with one attached hydrogen (secondary N) is 2. The fraction of sp³-hybridized carbons (Fsp3) is 0.500. The van der Waals surface area contributed by atoms with Gasteiger partial charge in [0.05, 0.1) is 29.1 Å². The molecule has 2 saturated heterocycles. The van der Waals surface area contributed by atoms with Crippen molar-refractivity contribution < 1.29 is 22.7 Å². The maximum Gasteiger partial charge on any atom is 0.240 e. The third-order valence-electron chi connectivity index (χ3n) is 8.07. The molecule has 3 fully saturated rings. The Kier molecular flexibility index (Phi) is 6.98. The first-order valence-electron chi connectivity index (χ1n) is 13.6. The smallest absolute Gasteiger partial charge is 0.240 e. The molecule has 0 unspecified atom stereocenters. The SMILES string of the molecule is O=C([C@H]1CC[C@H](NS(=O)(=O)c2ccc3[nH]c(-c4ccccc4)nc3c2)CC1)N1CCC2(CC1)OCCCO2. The van der Waals surface area contributed by atoms with Gasteiger partial charge in [0.2, 0.25) is 15.9 Å². The normalized spacial score (nSPS) is 24.1. The highest BCUT2D eigenvalue weighted by Gasteiger charge is 2.41. The number of piperidine rings is 1. The molecule has 0 bridgehead atoms. The van der Waals surface area contributed by atoms with Crippen molar-refractivity contribution >= 4 is 27.0 Å². The van der Waals surface area contributed by atoms with Gasteiger partial charge in [-0.3, -0.25) is 4.79 Å². The van der Waals surface area contributed by atoms with E-state index in [4.69, 9.17) is 9.47 Å². The van der Waals surface area contributed by atoms with E-state index in [0.29, 0.717) is 63.0 Å². The van der Waals surface area contributed by atoms with Crippen molar-refractivity contribution in [1.82, 2.24) is 19.6 Å². The second-order valence-corrected chi connectivity index (χ2v) is 12.3. The Labute approximate surface area is 223 Å². The van der Waals surface area contributed by atoms with Crippen LogP contribution in [0.5, 0.6) is 0 Å². The Morgan fingerprint density at radius 3 is 2.42 bits per heavy atom. The van der Waals surface area contributed by atoms with Crippen LogP contribution in [0.4, 0.5) is 0 Å². The maximum absolute atomic E-state index is 13.2. The minimum atomic E-state index is -3.71. The quantitative estimate of drug-likeness (QED) is 0.511. The van der Waals surface area contributed by atoms with Crippen molar-refractivity contribution in [3.05, 3.63) is 48.5 Å². The molecule has 1 aromatic heterocycles. The predicted molar refractivity (Wildman–Crippen MR) is 143 cm³/mol. The van der Waals surface area contributed by atoms with Crippen LogP contribution in [-0.2, 0) is 24.3 Å². The van der Waals surface area contributed by atoms with Gasteiger partial charge in [0.1, 0.15) is 5.82 Å². The van der Waals surface area contributed by atoms with E-state index >= 15 is 0 Å². The number of fused-ring (bicyclic) bond motifs is 1. The number of imidazole rings is 1. The van der Waals surface area contributed by atoms with E-state index in [9.17, 15) is 13.2 Å². The van der Waals surface area contributed by atoms with Gasteiger partial charge in [-0.15, -0.1) is 0 Å². The van der Waals surface area contributed by atoms with E-state index in [1.54, 1.807) is 18.2 Å². The molecule has 3 aliphatic rings. The summed E-state index contributed by atoms with van der Waals surface area (Å²) in [5.74, 6) is 0.311. The molecule has 2 aliphatic heterocycles. The number of H-pyrrole nitrogens is 1. The number of rotatable bonds is 5. The molecule has 202 valence electrons. The largest absolute Gasteiger partial charge is 0.350 e. The monoisotopic (exact) mass is 538 g/mol. The summed E-state index contributed by atoms with van der Waals surface area (Å²) in [7, 11) is -3.71. The third kappa shape index (κ3) is 5.22. The average Bonchev–Trinajstić information content (AvgIpc) is 3.38. The number of hydrogen-bond donors (Lipinski definition) is 2. The highest BCUT2D eigenvalue weighted by Crippen LogP contribution is 2.33. The Balaban J connectivity index is 1.04. The van der Waals surface area contributed by atoms with E-state index < -0.39 is 15.8 Å². The molecule has 1 spiro atoms. The standard InChI is InChI=1S/C28H34N4O5S/c33-27(32-15-13-28(14-16-32)36-17-4-18-37-28)21-7-9-22(10-8-21)31-38(34,35)23-11-12-24-25(19-23)30-26(29-24)20-5-2-1-3-6-20/h1-3,5-6,11-12,19,21-22,31H,4,7-10,13-18H2,(H,29,30)/t21-,22-. The lowest BCUT2D eigenvalue weighted by Gasteiger charge is -2.44. The van der Waals surface area contributed by atoms with E-state index in [2.05, 4.69) is 14.7 Å². The summed E-state index contributed by atoms with van der Waals surface area (Å²) < 4.78 is 41.0. The number of carbonyl (C=O) groups is 1. The molecule has 1 saturated carbocycles. The van der Waals surface area contributed by atoms with E-state index in [0.717, 1.165) is 30.7 Å². The molecule has 1 amide bonds. The van der Waals surface area contributed by atoms with Crippen LogP contribution in [0.15, 0.2) is 53.4 Å². The molecule has 3 aromatic rings. The zero-order chi connectivity index (χ0) is 26.2.